The van der Waals surface area contributed by atoms with E-state index in [9.17, 15) is 4.79 Å². The fourth-order valence-electron chi connectivity index (χ4n) is 2.32. The summed E-state index contributed by atoms with van der Waals surface area (Å²) in [5, 5.41) is 0.941. The molecule has 0 aliphatic carbocycles. The van der Waals surface area contributed by atoms with Crippen molar-refractivity contribution in [2.45, 2.75) is 6.61 Å². The molecule has 0 radical (unpaired) electrons. The number of hydrogen-bond acceptors (Lipinski definition) is 7. The van der Waals surface area contributed by atoms with E-state index in [0.717, 1.165) is 56.4 Å². The van der Waals surface area contributed by atoms with E-state index in [0.29, 0.717) is 11.5 Å². The minimum Gasteiger partial charge on any atom is -0.378 e. The number of rotatable bonds is 7. The second-order valence-corrected chi connectivity index (χ2v) is 6.50. The van der Waals surface area contributed by atoms with E-state index >= 15 is 0 Å². The summed E-state index contributed by atoms with van der Waals surface area (Å²) >= 11 is 1.47. The first-order chi connectivity index (χ1) is 10.1. The summed E-state index contributed by atoms with van der Waals surface area (Å²) in [5.41, 5.74) is 0.752. The summed E-state index contributed by atoms with van der Waals surface area (Å²) < 4.78 is 5.10. The van der Waals surface area contributed by atoms with Crippen LogP contribution in [0.4, 0.5) is 5.13 Å². The maximum atomic E-state index is 11.1. The Kier molecular flexibility index (Phi) is 6.10. The molecule has 2 heterocycles. The molecule has 1 aliphatic rings. The molecular formula is C14H24N4O2S. The Labute approximate surface area is 130 Å². The van der Waals surface area contributed by atoms with E-state index < -0.39 is 0 Å². The summed E-state index contributed by atoms with van der Waals surface area (Å²) in [4.78, 5) is 23.3. The van der Waals surface area contributed by atoms with Gasteiger partial charge in [-0.2, -0.15) is 0 Å². The number of aldehydes is 1. The minimum atomic E-state index is 0.396. The van der Waals surface area contributed by atoms with E-state index in [1.807, 2.05) is 0 Å². The molecule has 1 aromatic rings. The molecule has 0 amide bonds. The highest BCUT2D eigenvalue weighted by Crippen LogP contribution is 2.26. The van der Waals surface area contributed by atoms with Crippen LogP contribution in [0.5, 0.6) is 0 Å². The second kappa shape index (κ2) is 7.84. The minimum absolute atomic E-state index is 0.396. The largest absolute Gasteiger partial charge is 0.378 e. The Morgan fingerprint density at radius 1 is 1.33 bits per heavy atom. The lowest BCUT2D eigenvalue weighted by molar-refractivity contribution is 0.112. The number of methoxy groups -OCH3 is 1. The molecule has 0 N–H and O–H groups in total. The smallest absolute Gasteiger partial charge is 0.186 e. The topological polar surface area (TPSA) is 48.9 Å². The molecule has 1 fully saturated rings. The van der Waals surface area contributed by atoms with Crippen molar-refractivity contribution in [3.8, 4) is 0 Å². The van der Waals surface area contributed by atoms with Gasteiger partial charge in [-0.15, -0.1) is 0 Å². The third-order valence-corrected chi connectivity index (χ3v) is 4.69. The van der Waals surface area contributed by atoms with Crippen LogP contribution in [-0.2, 0) is 11.3 Å². The highest BCUT2D eigenvalue weighted by atomic mass is 32.1. The van der Waals surface area contributed by atoms with E-state index in [1.54, 1.807) is 7.11 Å². The van der Waals surface area contributed by atoms with Gasteiger partial charge in [-0.25, -0.2) is 4.98 Å². The number of anilines is 1. The van der Waals surface area contributed by atoms with Crippen molar-refractivity contribution >= 4 is 22.8 Å². The van der Waals surface area contributed by atoms with Crippen LogP contribution in [0.15, 0.2) is 0 Å². The van der Waals surface area contributed by atoms with Crippen molar-refractivity contribution in [3.05, 3.63) is 10.6 Å². The monoisotopic (exact) mass is 312 g/mol. The summed E-state index contributed by atoms with van der Waals surface area (Å²) in [7, 11) is 5.82. The van der Waals surface area contributed by atoms with E-state index in [-0.39, 0.29) is 0 Å². The summed E-state index contributed by atoms with van der Waals surface area (Å²) in [6, 6.07) is 0. The van der Waals surface area contributed by atoms with Gasteiger partial charge in [-0.1, -0.05) is 11.3 Å². The standard InChI is InChI=1S/C14H24N4O2S/c1-16(2)4-5-17-6-8-18(9-7-17)14-15-12(11-20-3)13(10-19)21-14/h10H,4-9,11H2,1-3H3. The van der Waals surface area contributed by atoms with Gasteiger partial charge in [0, 0.05) is 46.4 Å². The predicted molar refractivity (Wildman–Crippen MR) is 85.4 cm³/mol. The van der Waals surface area contributed by atoms with E-state index in [1.165, 1.54) is 11.3 Å². The number of carbonyl (C=O) groups excluding carboxylic acids is 1. The highest BCUT2D eigenvalue weighted by molar-refractivity contribution is 7.17. The third-order valence-electron chi connectivity index (χ3n) is 3.61. The number of nitrogens with zero attached hydrogens (tertiary/aromatic N) is 4. The lowest BCUT2D eigenvalue weighted by Crippen LogP contribution is -2.48. The van der Waals surface area contributed by atoms with Crippen molar-refractivity contribution < 1.29 is 9.53 Å². The Balaban J connectivity index is 1.91. The third kappa shape index (κ3) is 4.47. The van der Waals surface area contributed by atoms with Crippen LogP contribution in [0, 0.1) is 0 Å². The van der Waals surface area contributed by atoms with Gasteiger partial charge in [0.05, 0.1) is 17.2 Å². The molecule has 1 saturated heterocycles. The zero-order valence-corrected chi connectivity index (χ0v) is 13.9. The highest BCUT2D eigenvalue weighted by Gasteiger charge is 2.21. The maximum absolute atomic E-state index is 11.1. The van der Waals surface area contributed by atoms with Gasteiger partial charge < -0.3 is 14.5 Å². The molecule has 6 nitrogen and oxygen atoms in total. The first-order valence-electron chi connectivity index (χ1n) is 7.20. The van der Waals surface area contributed by atoms with Crippen molar-refractivity contribution in [2.75, 3.05) is 65.4 Å². The summed E-state index contributed by atoms with van der Waals surface area (Å²) in [5.74, 6) is 0. The zero-order chi connectivity index (χ0) is 15.2. The first-order valence-corrected chi connectivity index (χ1v) is 8.01. The average Bonchev–Trinajstić information content (AvgIpc) is 2.89. The summed E-state index contributed by atoms with van der Waals surface area (Å²) in [6.07, 6.45) is 0.878. The molecule has 0 bridgehead atoms. The number of thiazole rings is 1. The molecule has 2 rings (SSSR count). The van der Waals surface area contributed by atoms with Gasteiger partial charge >= 0.3 is 0 Å². The van der Waals surface area contributed by atoms with Crippen molar-refractivity contribution in [1.82, 2.24) is 14.8 Å². The number of aromatic nitrogens is 1. The quantitative estimate of drug-likeness (QED) is 0.694. The number of piperazine rings is 1. The molecule has 0 saturated carbocycles. The van der Waals surface area contributed by atoms with Gasteiger partial charge in [0.2, 0.25) is 0 Å². The van der Waals surface area contributed by atoms with Gasteiger partial charge in [0.15, 0.2) is 11.4 Å². The van der Waals surface area contributed by atoms with Crippen LogP contribution >= 0.6 is 11.3 Å². The number of ether oxygens (including phenoxy) is 1. The van der Waals surface area contributed by atoms with Crippen LogP contribution < -0.4 is 4.90 Å². The Hall–Kier alpha value is -1.02. The van der Waals surface area contributed by atoms with Gasteiger partial charge in [0.1, 0.15) is 0 Å². The predicted octanol–water partition coefficient (Wildman–Crippen LogP) is 0.786. The lowest BCUT2D eigenvalue weighted by atomic mass is 10.3. The fourth-order valence-corrected chi connectivity index (χ4v) is 3.26. The molecule has 21 heavy (non-hydrogen) atoms. The van der Waals surface area contributed by atoms with Gasteiger partial charge in [-0.3, -0.25) is 9.69 Å². The SMILES string of the molecule is COCc1nc(N2CCN(CCN(C)C)CC2)sc1C=O. The first kappa shape index (κ1) is 16.4. The van der Waals surface area contributed by atoms with Gasteiger partial charge in [0.25, 0.3) is 0 Å². The normalized spacial score (nSPS) is 16.7. The van der Waals surface area contributed by atoms with Crippen LogP contribution in [-0.4, -0.2) is 81.5 Å². The molecular weight excluding hydrogens is 288 g/mol. The van der Waals surface area contributed by atoms with Crippen molar-refractivity contribution in [2.24, 2.45) is 0 Å². The molecule has 0 atom stereocenters. The molecule has 1 aliphatic heterocycles. The van der Waals surface area contributed by atoms with Crippen LogP contribution in [0.2, 0.25) is 0 Å². The maximum Gasteiger partial charge on any atom is 0.186 e. The molecule has 118 valence electrons. The van der Waals surface area contributed by atoms with E-state index in [2.05, 4.69) is 33.8 Å². The number of hydrogen-bond donors (Lipinski definition) is 0. The van der Waals surface area contributed by atoms with E-state index in [4.69, 9.17) is 4.74 Å². The fraction of sp³-hybridized carbons (Fsp3) is 0.714. The molecule has 0 aromatic carbocycles. The Morgan fingerprint density at radius 2 is 2.05 bits per heavy atom. The Bertz CT molecular complexity index is 456. The van der Waals surface area contributed by atoms with Crippen molar-refractivity contribution in [1.29, 1.82) is 0 Å². The zero-order valence-electron chi connectivity index (χ0n) is 13.0. The lowest BCUT2D eigenvalue weighted by Gasteiger charge is -2.35. The second-order valence-electron chi connectivity index (χ2n) is 5.49. The van der Waals surface area contributed by atoms with Crippen LogP contribution in [0.1, 0.15) is 15.4 Å². The molecule has 7 heteroatoms. The van der Waals surface area contributed by atoms with Gasteiger partial charge in [-0.05, 0) is 14.1 Å². The number of likely N-dealkylation sites (N-methyl/N-ethyl adjacent to an activating group) is 1. The summed E-state index contributed by atoms with van der Waals surface area (Å²) in [6.45, 7) is 6.61. The van der Waals surface area contributed by atoms with Crippen LogP contribution in [0.3, 0.4) is 0 Å². The number of carbonyl (C=O) groups is 1. The molecule has 1 aromatic heterocycles. The molecule has 0 unspecified atom stereocenters. The van der Waals surface area contributed by atoms with Crippen LogP contribution in [0.25, 0.3) is 0 Å². The molecule has 0 spiro atoms. The Morgan fingerprint density at radius 3 is 2.62 bits per heavy atom. The van der Waals surface area contributed by atoms with Crippen molar-refractivity contribution in [3.63, 3.8) is 0 Å². The average molecular weight is 312 g/mol.